The van der Waals surface area contributed by atoms with Crippen LogP contribution in [-0.2, 0) is 9.53 Å². The number of methoxy groups -OCH3 is 1. The molecule has 0 unspecified atom stereocenters. The van der Waals surface area contributed by atoms with Gasteiger partial charge in [-0.05, 0) is 38.5 Å². The molecule has 0 aliphatic carbocycles. The van der Waals surface area contributed by atoms with Gasteiger partial charge in [-0.1, -0.05) is 22.0 Å². The van der Waals surface area contributed by atoms with Gasteiger partial charge in [-0.2, -0.15) is 0 Å². The van der Waals surface area contributed by atoms with Gasteiger partial charge in [-0.15, -0.1) is 0 Å². The number of carbonyl (C=O) groups is 2. The summed E-state index contributed by atoms with van der Waals surface area (Å²) < 4.78 is 10.9. The van der Waals surface area contributed by atoms with E-state index in [4.69, 9.17) is 14.6 Å². The van der Waals surface area contributed by atoms with Gasteiger partial charge >= 0.3 is 12.1 Å². The van der Waals surface area contributed by atoms with Gasteiger partial charge in [0.2, 0.25) is 0 Å². The molecule has 0 heterocycles. The number of hydrogen-bond acceptors (Lipinski definition) is 4. The summed E-state index contributed by atoms with van der Waals surface area (Å²) in [5, 5.41) is 11.6. The Morgan fingerprint density at radius 2 is 2.00 bits per heavy atom. The van der Waals surface area contributed by atoms with Crippen molar-refractivity contribution in [3.05, 3.63) is 28.2 Å². The number of rotatable bonds is 5. The van der Waals surface area contributed by atoms with Crippen LogP contribution in [0.25, 0.3) is 0 Å². The largest absolute Gasteiger partial charge is 0.497 e. The molecule has 122 valence electrons. The van der Waals surface area contributed by atoms with Gasteiger partial charge in [0.25, 0.3) is 0 Å². The first-order valence-electron chi connectivity index (χ1n) is 6.67. The van der Waals surface area contributed by atoms with Gasteiger partial charge in [-0.25, -0.2) is 4.79 Å². The predicted octanol–water partition coefficient (Wildman–Crippen LogP) is 3.50. The molecule has 1 aromatic rings. The van der Waals surface area contributed by atoms with Crippen molar-refractivity contribution in [3.8, 4) is 5.75 Å². The third-order valence-electron chi connectivity index (χ3n) is 2.65. The maximum atomic E-state index is 11.9. The zero-order chi connectivity index (χ0) is 16.9. The highest BCUT2D eigenvalue weighted by atomic mass is 79.9. The van der Waals surface area contributed by atoms with Crippen LogP contribution in [0.4, 0.5) is 4.79 Å². The van der Waals surface area contributed by atoms with E-state index in [1.54, 1.807) is 39.0 Å². The van der Waals surface area contributed by atoms with E-state index in [2.05, 4.69) is 21.2 Å². The number of benzene rings is 1. The summed E-state index contributed by atoms with van der Waals surface area (Å²) in [5.74, 6) is -0.397. The molecular weight excluding hydrogens is 354 g/mol. The third kappa shape index (κ3) is 5.93. The lowest BCUT2D eigenvalue weighted by atomic mass is 10.0. The van der Waals surface area contributed by atoms with Crippen molar-refractivity contribution in [2.75, 3.05) is 7.11 Å². The molecule has 0 aliphatic heterocycles. The maximum absolute atomic E-state index is 11.9. The quantitative estimate of drug-likeness (QED) is 0.824. The van der Waals surface area contributed by atoms with Crippen molar-refractivity contribution < 1.29 is 24.2 Å². The molecule has 0 radical (unpaired) electrons. The summed E-state index contributed by atoms with van der Waals surface area (Å²) in [7, 11) is 1.54. The number of ether oxygens (including phenoxy) is 2. The third-order valence-corrected chi connectivity index (χ3v) is 3.34. The van der Waals surface area contributed by atoms with E-state index < -0.39 is 23.7 Å². The van der Waals surface area contributed by atoms with Gasteiger partial charge in [-0.3, -0.25) is 4.79 Å². The summed E-state index contributed by atoms with van der Waals surface area (Å²) in [5.41, 5.74) is -0.0244. The molecule has 6 nitrogen and oxygen atoms in total. The number of nitrogens with one attached hydrogen (secondary N) is 1. The summed E-state index contributed by atoms with van der Waals surface area (Å²) in [6, 6.07) is 4.40. The first-order chi connectivity index (χ1) is 10.1. The average molecular weight is 374 g/mol. The first-order valence-corrected chi connectivity index (χ1v) is 7.46. The van der Waals surface area contributed by atoms with Crippen LogP contribution < -0.4 is 10.1 Å². The second-order valence-electron chi connectivity index (χ2n) is 5.68. The maximum Gasteiger partial charge on any atom is 0.408 e. The Hall–Kier alpha value is -1.76. The van der Waals surface area contributed by atoms with Crippen LogP contribution in [-0.4, -0.2) is 29.9 Å². The van der Waals surface area contributed by atoms with Crippen molar-refractivity contribution in [1.82, 2.24) is 5.32 Å². The van der Waals surface area contributed by atoms with E-state index in [1.807, 2.05) is 0 Å². The zero-order valence-corrected chi connectivity index (χ0v) is 14.6. The van der Waals surface area contributed by atoms with Crippen LogP contribution >= 0.6 is 15.9 Å². The molecule has 0 fully saturated rings. The van der Waals surface area contributed by atoms with Crippen LogP contribution in [0, 0.1) is 0 Å². The van der Waals surface area contributed by atoms with Gasteiger partial charge in [0, 0.05) is 4.47 Å². The molecule has 7 heteroatoms. The molecule has 1 amide bonds. The Morgan fingerprint density at radius 3 is 2.45 bits per heavy atom. The molecule has 2 N–H and O–H groups in total. The van der Waals surface area contributed by atoms with E-state index in [-0.39, 0.29) is 6.42 Å². The summed E-state index contributed by atoms with van der Waals surface area (Å²) >= 11 is 3.36. The predicted molar refractivity (Wildman–Crippen MR) is 85.1 cm³/mol. The molecule has 0 saturated heterocycles. The topological polar surface area (TPSA) is 84.9 Å². The number of carboxylic acid groups (broad SMARTS) is 1. The number of aliphatic carboxylic acids is 1. The molecule has 1 aromatic carbocycles. The Morgan fingerprint density at radius 1 is 1.36 bits per heavy atom. The summed E-state index contributed by atoms with van der Waals surface area (Å²) in [4.78, 5) is 22.9. The van der Waals surface area contributed by atoms with Gasteiger partial charge < -0.3 is 19.9 Å². The second-order valence-corrected chi connectivity index (χ2v) is 6.54. The smallest absolute Gasteiger partial charge is 0.408 e. The van der Waals surface area contributed by atoms with Crippen LogP contribution in [0.1, 0.15) is 38.8 Å². The number of carboxylic acids is 1. The molecular formula is C15H20BrNO5. The van der Waals surface area contributed by atoms with Crippen molar-refractivity contribution >= 4 is 28.0 Å². The van der Waals surface area contributed by atoms with Crippen LogP contribution in [0.15, 0.2) is 22.7 Å². The van der Waals surface area contributed by atoms with E-state index in [0.717, 1.165) is 0 Å². The standard InChI is InChI=1S/C15H20BrNO5/c1-15(2,3)22-14(20)17-12(8-13(18)19)10-6-5-9(21-4)7-11(10)16/h5-7,12H,8H2,1-4H3,(H,17,20)(H,18,19)/t12-/m0/s1. The van der Waals surface area contributed by atoms with Gasteiger partial charge in [0.05, 0.1) is 19.6 Å². The first kappa shape index (κ1) is 18.3. The summed E-state index contributed by atoms with van der Waals surface area (Å²) in [6.07, 6.45) is -0.925. The molecule has 0 aromatic heterocycles. The van der Waals surface area contributed by atoms with Gasteiger partial charge in [0.1, 0.15) is 11.4 Å². The van der Waals surface area contributed by atoms with Crippen molar-refractivity contribution in [2.24, 2.45) is 0 Å². The van der Waals surface area contributed by atoms with E-state index >= 15 is 0 Å². The molecule has 1 rings (SSSR count). The van der Waals surface area contributed by atoms with Crippen molar-refractivity contribution in [2.45, 2.75) is 38.8 Å². The molecule has 1 atom stereocenters. The summed E-state index contributed by atoms with van der Waals surface area (Å²) in [6.45, 7) is 5.21. The lowest BCUT2D eigenvalue weighted by molar-refractivity contribution is -0.137. The highest BCUT2D eigenvalue weighted by Crippen LogP contribution is 2.29. The Labute approximate surface area is 137 Å². The monoisotopic (exact) mass is 373 g/mol. The number of alkyl carbamates (subject to hydrolysis) is 1. The van der Waals surface area contributed by atoms with Gasteiger partial charge in [0.15, 0.2) is 0 Å². The molecule has 0 saturated carbocycles. The second kappa shape index (κ2) is 7.49. The number of amides is 1. The number of halogens is 1. The number of hydrogen-bond donors (Lipinski definition) is 2. The highest BCUT2D eigenvalue weighted by molar-refractivity contribution is 9.10. The SMILES string of the molecule is COc1ccc([C@H](CC(=O)O)NC(=O)OC(C)(C)C)c(Br)c1. The van der Waals surface area contributed by atoms with Crippen molar-refractivity contribution in [3.63, 3.8) is 0 Å². The molecule has 0 spiro atoms. The lowest BCUT2D eigenvalue weighted by Crippen LogP contribution is -2.36. The fraction of sp³-hybridized carbons (Fsp3) is 0.467. The Balaban J connectivity index is 2.98. The molecule has 0 aliphatic rings. The average Bonchev–Trinajstić information content (AvgIpc) is 2.34. The number of carbonyl (C=O) groups excluding carboxylic acids is 1. The van der Waals surface area contributed by atoms with E-state index in [0.29, 0.717) is 15.8 Å². The lowest BCUT2D eigenvalue weighted by Gasteiger charge is -2.24. The fourth-order valence-electron chi connectivity index (χ4n) is 1.78. The van der Waals surface area contributed by atoms with Crippen molar-refractivity contribution in [1.29, 1.82) is 0 Å². The minimum absolute atomic E-state index is 0.260. The normalized spacial score (nSPS) is 12.4. The van der Waals surface area contributed by atoms with E-state index in [9.17, 15) is 9.59 Å². The van der Waals surface area contributed by atoms with E-state index in [1.165, 1.54) is 7.11 Å². The minimum atomic E-state index is -1.02. The Kier molecular flexibility index (Phi) is 6.22. The highest BCUT2D eigenvalue weighted by Gasteiger charge is 2.24. The Bertz CT molecular complexity index is 553. The zero-order valence-electron chi connectivity index (χ0n) is 13.0. The fourth-order valence-corrected chi connectivity index (χ4v) is 2.41. The minimum Gasteiger partial charge on any atom is -0.497 e. The molecule has 0 bridgehead atoms. The van der Waals surface area contributed by atoms with Crippen LogP contribution in [0.5, 0.6) is 5.75 Å². The van der Waals surface area contributed by atoms with Crippen LogP contribution in [0.2, 0.25) is 0 Å². The molecule has 22 heavy (non-hydrogen) atoms. The van der Waals surface area contributed by atoms with Crippen LogP contribution in [0.3, 0.4) is 0 Å².